The van der Waals surface area contributed by atoms with Gasteiger partial charge >= 0.3 is 5.97 Å². The number of Topliss-reactive ketones (excluding diaryl/α,β-unsaturated/α-hetero) is 1. The molecule has 19 heavy (non-hydrogen) atoms. The van der Waals surface area contributed by atoms with E-state index < -0.39 is 17.8 Å². The average molecular weight is 271 g/mol. The lowest BCUT2D eigenvalue weighted by Crippen LogP contribution is -2.32. The van der Waals surface area contributed by atoms with E-state index in [9.17, 15) is 24.0 Å². The van der Waals surface area contributed by atoms with Crippen molar-refractivity contribution in [3.8, 4) is 0 Å². The third-order valence-corrected chi connectivity index (χ3v) is 2.34. The molecule has 0 aliphatic carbocycles. The van der Waals surface area contributed by atoms with Gasteiger partial charge in [-0.1, -0.05) is 0 Å². The van der Waals surface area contributed by atoms with Gasteiger partial charge < -0.3 is 10.2 Å². The number of hydrogen-bond acceptors (Lipinski definition) is 6. The Kier molecular flexibility index (Phi) is 5.16. The SMILES string of the molecule is C[13C](=O)NCC(=O)CCC(=O)ON1C(=O)CCC1=O. The molecule has 1 rings (SSSR count). The van der Waals surface area contributed by atoms with E-state index in [1.807, 2.05) is 0 Å². The minimum atomic E-state index is -0.834. The monoisotopic (exact) mass is 271 g/mol. The van der Waals surface area contributed by atoms with Crippen LogP contribution in [-0.4, -0.2) is 41.1 Å². The van der Waals surface area contributed by atoms with Gasteiger partial charge in [-0.25, -0.2) is 4.79 Å². The molecule has 0 unspecified atom stereocenters. The van der Waals surface area contributed by atoms with E-state index in [0.29, 0.717) is 5.06 Å². The molecule has 8 nitrogen and oxygen atoms in total. The van der Waals surface area contributed by atoms with Crippen LogP contribution < -0.4 is 5.32 Å². The molecule has 0 radical (unpaired) electrons. The van der Waals surface area contributed by atoms with Gasteiger partial charge in [-0.2, -0.15) is 0 Å². The first-order valence-corrected chi connectivity index (χ1v) is 5.73. The van der Waals surface area contributed by atoms with Gasteiger partial charge in [0.2, 0.25) is 5.91 Å². The summed E-state index contributed by atoms with van der Waals surface area (Å²) >= 11 is 0. The van der Waals surface area contributed by atoms with Crippen molar-refractivity contribution in [1.82, 2.24) is 10.4 Å². The molecule has 1 fully saturated rings. The highest BCUT2D eigenvalue weighted by molar-refractivity contribution is 6.01. The van der Waals surface area contributed by atoms with Crippen LogP contribution in [0.25, 0.3) is 0 Å². The van der Waals surface area contributed by atoms with Crippen LogP contribution in [0.4, 0.5) is 0 Å². The van der Waals surface area contributed by atoms with Gasteiger partial charge in [-0.3, -0.25) is 19.2 Å². The summed E-state index contributed by atoms with van der Waals surface area (Å²) in [7, 11) is 0. The lowest BCUT2D eigenvalue weighted by molar-refractivity contribution is -0.197. The Morgan fingerprint density at radius 1 is 1.16 bits per heavy atom. The van der Waals surface area contributed by atoms with E-state index in [0.717, 1.165) is 0 Å². The first-order valence-electron chi connectivity index (χ1n) is 5.73. The first-order chi connectivity index (χ1) is 8.90. The molecular formula is C11H14N2O6. The van der Waals surface area contributed by atoms with Crippen LogP contribution in [0.3, 0.4) is 0 Å². The number of nitrogens with zero attached hydrogens (tertiary/aromatic N) is 1. The van der Waals surface area contributed by atoms with E-state index in [1.165, 1.54) is 6.92 Å². The van der Waals surface area contributed by atoms with Crippen molar-refractivity contribution >= 4 is 29.5 Å². The molecule has 1 aliphatic rings. The summed E-state index contributed by atoms with van der Waals surface area (Å²) in [6.45, 7) is 1.11. The maximum atomic E-state index is 11.3. The number of hydrogen-bond donors (Lipinski definition) is 1. The summed E-state index contributed by atoms with van der Waals surface area (Å²) in [6.07, 6.45) is -0.341. The average Bonchev–Trinajstić information content (AvgIpc) is 2.65. The topological polar surface area (TPSA) is 110 Å². The Balaban J connectivity index is 2.28. The molecule has 0 saturated carbocycles. The van der Waals surface area contributed by atoms with Gasteiger partial charge in [0, 0.05) is 26.2 Å². The normalized spacial score (nSPS) is 14.5. The predicted octanol–water partition coefficient (Wildman–Crippen LogP) is -0.921. The summed E-state index contributed by atoms with van der Waals surface area (Å²) in [6, 6.07) is 0. The van der Waals surface area contributed by atoms with Crippen molar-refractivity contribution < 1.29 is 28.8 Å². The number of hydroxylamine groups is 2. The van der Waals surface area contributed by atoms with Crippen LogP contribution in [0, 0.1) is 0 Å². The van der Waals surface area contributed by atoms with Crippen molar-refractivity contribution in [3.05, 3.63) is 0 Å². The second-order valence-electron chi connectivity index (χ2n) is 3.99. The third kappa shape index (κ3) is 4.86. The molecule has 3 amide bonds. The van der Waals surface area contributed by atoms with Crippen LogP contribution in [0.1, 0.15) is 32.6 Å². The Morgan fingerprint density at radius 2 is 1.74 bits per heavy atom. The second kappa shape index (κ2) is 6.62. The van der Waals surface area contributed by atoms with Crippen molar-refractivity contribution in [3.63, 3.8) is 0 Å². The van der Waals surface area contributed by atoms with E-state index in [-0.39, 0.29) is 43.9 Å². The fraction of sp³-hybridized carbons (Fsp3) is 0.545. The number of rotatable bonds is 6. The van der Waals surface area contributed by atoms with Crippen LogP contribution in [-0.2, 0) is 28.8 Å². The number of ketones is 1. The van der Waals surface area contributed by atoms with Gasteiger partial charge in [-0.15, -0.1) is 5.06 Å². The summed E-state index contributed by atoms with van der Waals surface area (Å²) < 4.78 is 0. The van der Waals surface area contributed by atoms with Crippen LogP contribution >= 0.6 is 0 Å². The van der Waals surface area contributed by atoms with Crippen molar-refractivity contribution in [1.29, 1.82) is 0 Å². The molecule has 104 valence electrons. The standard InChI is InChI=1S/C11H14N2O6/c1-7(14)12-6-8(15)2-5-11(18)19-13-9(16)3-4-10(13)17/h2-6H2,1H3,(H,12,14)/i7+1. The molecule has 1 aliphatic heterocycles. The smallest absolute Gasteiger partial charge is 0.333 e. The summed E-state index contributed by atoms with van der Waals surface area (Å²) in [4.78, 5) is 60.0. The number of carbonyl (C=O) groups is 5. The van der Waals surface area contributed by atoms with Crippen LogP contribution in [0.5, 0.6) is 0 Å². The highest BCUT2D eigenvalue weighted by Gasteiger charge is 2.32. The lowest BCUT2D eigenvalue weighted by Gasteiger charge is -2.12. The number of imide groups is 1. The largest absolute Gasteiger partial charge is 0.349 e. The minimum absolute atomic E-state index is 0.0214. The van der Waals surface area contributed by atoms with Crippen molar-refractivity contribution in [2.24, 2.45) is 0 Å². The van der Waals surface area contributed by atoms with Crippen LogP contribution in [0.2, 0.25) is 0 Å². The van der Waals surface area contributed by atoms with Crippen LogP contribution in [0.15, 0.2) is 0 Å². The second-order valence-corrected chi connectivity index (χ2v) is 3.99. The van der Waals surface area contributed by atoms with Gasteiger partial charge in [0.25, 0.3) is 11.8 Å². The summed E-state index contributed by atoms with van der Waals surface area (Å²) in [5.74, 6) is -2.65. The number of nitrogens with one attached hydrogen (secondary N) is 1. The zero-order chi connectivity index (χ0) is 14.4. The van der Waals surface area contributed by atoms with Gasteiger partial charge in [0.15, 0.2) is 5.78 Å². The summed E-state index contributed by atoms with van der Waals surface area (Å²) in [5, 5.41) is 2.73. The Hall–Kier alpha value is -2.25. The van der Waals surface area contributed by atoms with Crippen molar-refractivity contribution in [2.75, 3.05) is 6.54 Å². The molecule has 8 heteroatoms. The molecule has 1 N–H and O–H groups in total. The molecule has 0 atom stereocenters. The molecule has 0 aromatic rings. The fourth-order valence-electron chi connectivity index (χ4n) is 1.36. The minimum Gasteiger partial charge on any atom is -0.349 e. The molecular weight excluding hydrogens is 257 g/mol. The highest BCUT2D eigenvalue weighted by Crippen LogP contribution is 2.12. The maximum absolute atomic E-state index is 11.3. The van der Waals surface area contributed by atoms with E-state index in [1.54, 1.807) is 0 Å². The molecule has 1 saturated heterocycles. The van der Waals surface area contributed by atoms with E-state index in [2.05, 4.69) is 10.2 Å². The quantitative estimate of drug-likeness (QED) is 0.494. The highest BCUT2D eigenvalue weighted by atomic mass is 16.7. The molecule has 0 bridgehead atoms. The predicted molar refractivity (Wildman–Crippen MR) is 60.1 cm³/mol. The van der Waals surface area contributed by atoms with Gasteiger partial charge in [0.05, 0.1) is 13.0 Å². The Labute approximate surface area is 109 Å². The zero-order valence-electron chi connectivity index (χ0n) is 10.4. The Morgan fingerprint density at radius 3 is 2.26 bits per heavy atom. The molecule has 1 heterocycles. The summed E-state index contributed by atoms with van der Waals surface area (Å²) in [5.41, 5.74) is 0. The fourth-order valence-corrected chi connectivity index (χ4v) is 1.36. The van der Waals surface area contributed by atoms with Crippen molar-refractivity contribution in [2.45, 2.75) is 32.6 Å². The third-order valence-electron chi connectivity index (χ3n) is 2.34. The van der Waals surface area contributed by atoms with E-state index >= 15 is 0 Å². The van der Waals surface area contributed by atoms with E-state index in [4.69, 9.17) is 0 Å². The first kappa shape index (κ1) is 14.8. The zero-order valence-corrected chi connectivity index (χ0v) is 10.4. The maximum Gasteiger partial charge on any atom is 0.333 e. The number of carbonyl (C=O) groups excluding carboxylic acids is 5. The number of amides is 3. The molecule has 0 aromatic heterocycles. The molecule has 0 aromatic carbocycles. The molecule has 0 spiro atoms. The van der Waals surface area contributed by atoms with Gasteiger partial charge in [-0.05, 0) is 0 Å². The Bertz CT molecular complexity index is 415. The lowest BCUT2D eigenvalue weighted by atomic mass is 10.2. The van der Waals surface area contributed by atoms with Gasteiger partial charge in [0.1, 0.15) is 0 Å².